The number of nitrogens with zero attached hydrogens (tertiary/aromatic N) is 5. The van der Waals surface area contributed by atoms with Crippen molar-refractivity contribution in [3.63, 3.8) is 0 Å². The van der Waals surface area contributed by atoms with Gasteiger partial charge in [-0.15, -0.1) is 0 Å². The molecule has 3 heterocycles. The molecule has 2 atom stereocenters. The van der Waals surface area contributed by atoms with Crippen molar-refractivity contribution in [3.8, 4) is 0 Å². The average Bonchev–Trinajstić information content (AvgIpc) is 3.08. The molecule has 0 bridgehead atoms. The van der Waals surface area contributed by atoms with Crippen LogP contribution in [-0.4, -0.2) is 49.5 Å². The molecule has 0 aliphatic carbocycles. The van der Waals surface area contributed by atoms with E-state index in [9.17, 15) is 0 Å². The Morgan fingerprint density at radius 2 is 2.24 bits per heavy atom. The summed E-state index contributed by atoms with van der Waals surface area (Å²) >= 11 is 0. The molecule has 0 aromatic carbocycles. The Hall–Kier alpha value is -1.80. The summed E-state index contributed by atoms with van der Waals surface area (Å²) < 4.78 is 11.1. The molecule has 2 aromatic rings. The van der Waals surface area contributed by atoms with E-state index in [1.165, 1.54) is 0 Å². The molecule has 114 valence electrons. The topological polar surface area (TPSA) is 93.0 Å². The number of hydrogen-bond donors (Lipinski definition) is 1. The van der Waals surface area contributed by atoms with Gasteiger partial charge in [0, 0.05) is 13.0 Å². The normalized spacial score (nSPS) is 23.6. The van der Waals surface area contributed by atoms with Gasteiger partial charge in [0.1, 0.15) is 17.7 Å². The number of aromatic amines is 1. The molecule has 1 fully saturated rings. The predicted octanol–water partition coefficient (Wildman–Crippen LogP) is 1.02. The third-order valence-corrected chi connectivity index (χ3v) is 3.64. The van der Waals surface area contributed by atoms with Crippen molar-refractivity contribution in [3.05, 3.63) is 23.4 Å². The molecule has 1 aliphatic rings. The maximum atomic E-state index is 5.73. The molecule has 0 spiro atoms. The summed E-state index contributed by atoms with van der Waals surface area (Å²) in [4.78, 5) is 11.1. The summed E-state index contributed by atoms with van der Waals surface area (Å²) in [6, 6.07) is -0.0601. The minimum atomic E-state index is -0.0601. The van der Waals surface area contributed by atoms with E-state index in [1.54, 1.807) is 0 Å². The lowest BCUT2D eigenvalue weighted by molar-refractivity contribution is -0.0770. The average molecular weight is 292 g/mol. The van der Waals surface area contributed by atoms with E-state index in [-0.39, 0.29) is 12.1 Å². The van der Waals surface area contributed by atoms with Crippen LogP contribution in [0.1, 0.15) is 43.3 Å². The van der Waals surface area contributed by atoms with E-state index in [1.807, 2.05) is 20.8 Å². The molecular weight excluding hydrogens is 272 g/mol. The Labute approximate surface area is 122 Å². The molecule has 3 rings (SSSR count). The summed E-state index contributed by atoms with van der Waals surface area (Å²) in [5.41, 5.74) is 0. The maximum Gasteiger partial charge on any atom is 0.246 e. The first kappa shape index (κ1) is 14.2. The number of aryl methyl sites for hydroxylation is 2. The molecule has 8 nitrogen and oxygen atoms in total. The van der Waals surface area contributed by atoms with Crippen molar-refractivity contribution in [1.29, 1.82) is 0 Å². The van der Waals surface area contributed by atoms with E-state index < -0.39 is 0 Å². The van der Waals surface area contributed by atoms with Crippen LogP contribution in [0.3, 0.4) is 0 Å². The van der Waals surface area contributed by atoms with Gasteiger partial charge in [-0.3, -0.25) is 10.00 Å². The van der Waals surface area contributed by atoms with Crippen LogP contribution in [0, 0.1) is 6.92 Å². The second kappa shape index (κ2) is 5.90. The highest BCUT2D eigenvalue weighted by atomic mass is 16.5. The number of aromatic nitrogens is 5. The van der Waals surface area contributed by atoms with E-state index in [0.717, 1.165) is 24.6 Å². The van der Waals surface area contributed by atoms with Crippen LogP contribution in [0.15, 0.2) is 4.52 Å². The van der Waals surface area contributed by atoms with Gasteiger partial charge < -0.3 is 9.26 Å². The zero-order valence-corrected chi connectivity index (χ0v) is 12.5. The van der Waals surface area contributed by atoms with Gasteiger partial charge >= 0.3 is 0 Å². The van der Waals surface area contributed by atoms with Crippen LogP contribution in [0.5, 0.6) is 0 Å². The number of hydrogen-bond acceptors (Lipinski definition) is 7. The lowest BCUT2D eigenvalue weighted by atomic mass is 10.1. The standard InChI is InChI=1S/C13H20N6O2/c1-4-10-15-11(17-16-10)7-19-5-6-20-8(2)12(19)13-14-9(3)18-21-13/h8,12H,4-7H2,1-3H3,(H,15,16,17)/t8-,12+/m1/s1. The Balaban J connectivity index is 1.80. The van der Waals surface area contributed by atoms with Gasteiger partial charge in [-0.25, -0.2) is 4.98 Å². The quantitative estimate of drug-likeness (QED) is 0.899. The van der Waals surface area contributed by atoms with Crippen molar-refractivity contribution in [2.24, 2.45) is 0 Å². The van der Waals surface area contributed by atoms with E-state index in [0.29, 0.717) is 24.9 Å². The van der Waals surface area contributed by atoms with E-state index >= 15 is 0 Å². The minimum absolute atomic E-state index is 0.00725. The Kier molecular flexibility index (Phi) is 3.98. The number of H-pyrrole nitrogens is 1. The highest BCUT2D eigenvalue weighted by Crippen LogP contribution is 2.29. The van der Waals surface area contributed by atoms with Crippen molar-refractivity contribution < 1.29 is 9.26 Å². The SMILES string of the molecule is CCc1n[nH]c(CN2CCO[C@H](C)[C@H]2c2nc(C)no2)n1. The summed E-state index contributed by atoms with van der Waals surface area (Å²) in [6.07, 6.45) is 0.814. The molecule has 1 N–H and O–H groups in total. The zero-order chi connectivity index (χ0) is 14.8. The van der Waals surface area contributed by atoms with Gasteiger partial charge in [-0.05, 0) is 13.8 Å². The van der Waals surface area contributed by atoms with Gasteiger partial charge in [0.15, 0.2) is 5.82 Å². The minimum Gasteiger partial charge on any atom is -0.375 e. The van der Waals surface area contributed by atoms with Gasteiger partial charge in [0.05, 0.1) is 19.3 Å². The third kappa shape index (κ3) is 2.96. The van der Waals surface area contributed by atoms with E-state index in [4.69, 9.17) is 9.26 Å². The predicted molar refractivity (Wildman–Crippen MR) is 73.4 cm³/mol. The smallest absolute Gasteiger partial charge is 0.246 e. The van der Waals surface area contributed by atoms with Crippen LogP contribution < -0.4 is 0 Å². The van der Waals surface area contributed by atoms with Crippen LogP contribution in [0.4, 0.5) is 0 Å². The van der Waals surface area contributed by atoms with Crippen LogP contribution in [0.2, 0.25) is 0 Å². The monoisotopic (exact) mass is 292 g/mol. The molecule has 0 amide bonds. The molecule has 0 radical (unpaired) electrons. The van der Waals surface area contributed by atoms with Gasteiger partial charge in [-0.1, -0.05) is 12.1 Å². The zero-order valence-electron chi connectivity index (χ0n) is 12.5. The Bertz CT molecular complexity index is 595. The van der Waals surface area contributed by atoms with Crippen molar-refractivity contribution in [2.75, 3.05) is 13.2 Å². The van der Waals surface area contributed by atoms with Crippen LogP contribution >= 0.6 is 0 Å². The molecule has 8 heteroatoms. The van der Waals surface area contributed by atoms with Crippen molar-refractivity contribution >= 4 is 0 Å². The molecule has 0 saturated carbocycles. The number of ether oxygens (including phenoxy) is 1. The Morgan fingerprint density at radius 1 is 1.38 bits per heavy atom. The fourth-order valence-corrected chi connectivity index (χ4v) is 2.61. The molecule has 1 saturated heterocycles. The number of nitrogens with one attached hydrogen (secondary N) is 1. The molecule has 21 heavy (non-hydrogen) atoms. The number of morpholine rings is 1. The molecule has 2 aromatic heterocycles. The first-order valence-electron chi connectivity index (χ1n) is 7.23. The molecular formula is C13H20N6O2. The highest BCUT2D eigenvalue weighted by molar-refractivity contribution is 4.99. The Morgan fingerprint density at radius 3 is 2.90 bits per heavy atom. The van der Waals surface area contributed by atoms with Gasteiger partial charge in [0.25, 0.3) is 0 Å². The third-order valence-electron chi connectivity index (χ3n) is 3.64. The highest BCUT2D eigenvalue weighted by Gasteiger charge is 2.35. The summed E-state index contributed by atoms with van der Waals surface area (Å²) in [6.45, 7) is 8.00. The van der Waals surface area contributed by atoms with Crippen molar-refractivity contribution in [1.82, 2.24) is 30.2 Å². The largest absolute Gasteiger partial charge is 0.375 e. The maximum absolute atomic E-state index is 5.73. The van der Waals surface area contributed by atoms with Crippen molar-refractivity contribution in [2.45, 2.75) is 45.9 Å². The van der Waals surface area contributed by atoms with Gasteiger partial charge in [-0.2, -0.15) is 10.1 Å². The first-order chi connectivity index (χ1) is 10.2. The second-order valence-electron chi connectivity index (χ2n) is 5.22. The van der Waals surface area contributed by atoms with Gasteiger partial charge in [0.2, 0.25) is 5.89 Å². The fourth-order valence-electron chi connectivity index (χ4n) is 2.61. The molecule has 0 unspecified atom stereocenters. The second-order valence-corrected chi connectivity index (χ2v) is 5.22. The summed E-state index contributed by atoms with van der Waals surface area (Å²) in [5, 5.41) is 11.0. The molecule has 1 aliphatic heterocycles. The number of rotatable bonds is 4. The van der Waals surface area contributed by atoms with Crippen LogP contribution in [0.25, 0.3) is 0 Å². The lowest BCUT2D eigenvalue weighted by Gasteiger charge is -2.37. The van der Waals surface area contributed by atoms with E-state index in [2.05, 4.69) is 30.2 Å². The first-order valence-corrected chi connectivity index (χ1v) is 7.23. The lowest BCUT2D eigenvalue weighted by Crippen LogP contribution is -2.44. The summed E-state index contributed by atoms with van der Waals surface area (Å²) in [7, 11) is 0. The summed E-state index contributed by atoms with van der Waals surface area (Å²) in [5.74, 6) is 2.91. The van der Waals surface area contributed by atoms with Crippen LogP contribution in [-0.2, 0) is 17.7 Å². The fraction of sp³-hybridized carbons (Fsp3) is 0.692.